The summed E-state index contributed by atoms with van der Waals surface area (Å²) < 4.78 is 23.4. The fourth-order valence-corrected chi connectivity index (χ4v) is 5.74. The molecule has 0 fully saturated rings. The van der Waals surface area contributed by atoms with E-state index in [0.29, 0.717) is 0 Å². The lowest BCUT2D eigenvalue weighted by Crippen LogP contribution is -2.35. The molecular weight excluding hydrogens is 608 g/mol. The summed E-state index contributed by atoms with van der Waals surface area (Å²) in [5.41, 5.74) is 0.166. The first-order valence-corrected chi connectivity index (χ1v) is 14.5. The zero-order valence-electron chi connectivity index (χ0n) is 24.3. The highest BCUT2D eigenvalue weighted by Gasteiger charge is 2.34. The zero-order chi connectivity index (χ0) is 32.2. The van der Waals surface area contributed by atoms with Crippen molar-refractivity contribution in [3.05, 3.63) is 117 Å². The summed E-state index contributed by atoms with van der Waals surface area (Å²) in [6.07, 6.45) is 1.35. The van der Waals surface area contributed by atoms with Crippen LogP contribution < -0.4 is 24.4 Å². The van der Waals surface area contributed by atoms with Crippen LogP contribution in [0.4, 0.5) is 11.6 Å². The van der Waals surface area contributed by atoms with Gasteiger partial charge in [0.15, 0.2) is 16.3 Å². The Morgan fingerprint density at radius 1 is 1.04 bits per heavy atom. The first kappa shape index (κ1) is 30.9. The maximum Gasteiger partial charge on any atom is 0.433 e. The van der Waals surface area contributed by atoms with Gasteiger partial charge in [0.25, 0.3) is 11.2 Å². The predicted molar refractivity (Wildman–Crippen MR) is 162 cm³/mol. The Balaban J connectivity index is 1.65. The number of allylic oxidation sites excluding steroid dienone is 1. The van der Waals surface area contributed by atoms with E-state index in [0.717, 1.165) is 23.0 Å². The van der Waals surface area contributed by atoms with E-state index in [4.69, 9.17) is 18.6 Å². The molecule has 0 unspecified atom stereocenters. The van der Waals surface area contributed by atoms with Crippen molar-refractivity contribution >= 4 is 40.7 Å². The van der Waals surface area contributed by atoms with E-state index in [2.05, 4.69) is 4.99 Å². The largest absolute Gasteiger partial charge is 0.490 e. The van der Waals surface area contributed by atoms with Gasteiger partial charge in [-0.3, -0.25) is 29.6 Å². The number of aromatic nitrogens is 1. The monoisotopic (exact) mass is 634 g/mol. The van der Waals surface area contributed by atoms with Gasteiger partial charge in [0.2, 0.25) is 0 Å². The van der Waals surface area contributed by atoms with Gasteiger partial charge in [-0.15, -0.1) is 0 Å². The molecule has 3 heterocycles. The summed E-state index contributed by atoms with van der Waals surface area (Å²) in [5, 5.41) is 23.4. The average Bonchev–Trinajstić information content (AvgIpc) is 3.62. The maximum absolute atomic E-state index is 13.7. The minimum absolute atomic E-state index is 0.00446. The van der Waals surface area contributed by atoms with Crippen LogP contribution in [0.25, 0.3) is 11.8 Å². The Morgan fingerprint density at radius 2 is 1.78 bits per heavy atom. The van der Waals surface area contributed by atoms with Crippen LogP contribution in [0.5, 0.6) is 11.5 Å². The summed E-state index contributed by atoms with van der Waals surface area (Å²) in [6.45, 7) is 5.31. The van der Waals surface area contributed by atoms with E-state index in [1.165, 1.54) is 35.8 Å². The van der Waals surface area contributed by atoms with E-state index >= 15 is 0 Å². The number of fused-ring (bicyclic) bond motifs is 1. The first-order valence-electron chi connectivity index (χ1n) is 13.7. The van der Waals surface area contributed by atoms with Crippen LogP contribution in [-0.2, 0) is 16.1 Å². The molecule has 0 amide bonds. The lowest BCUT2D eigenvalue weighted by molar-refractivity contribution is -0.402. The number of benzene rings is 2. The van der Waals surface area contributed by atoms with Crippen LogP contribution in [0.3, 0.4) is 0 Å². The molecular formula is C30H26N4O10S. The van der Waals surface area contributed by atoms with E-state index in [-0.39, 0.29) is 68.9 Å². The molecule has 2 aromatic carbocycles. The molecule has 2 aromatic heterocycles. The molecule has 0 spiro atoms. The van der Waals surface area contributed by atoms with Gasteiger partial charge < -0.3 is 18.6 Å². The number of nitrogens with zero attached hydrogens (tertiary/aromatic N) is 4. The quantitative estimate of drug-likeness (QED) is 0.131. The smallest absolute Gasteiger partial charge is 0.433 e. The van der Waals surface area contributed by atoms with Crippen molar-refractivity contribution in [1.82, 2.24) is 4.57 Å². The van der Waals surface area contributed by atoms with Crippen molar-refractivity contribution in [3.8, 4) is 11.5 Å². The molecule has 0 aliphatic carbocycles. The van der Waals surface area contributed by atoms with Crippen LogP contribution in [0.15, 0.2) is 74.4 Å². The molecule has 45 heavy (non-hydrogen) atoms. The van der Waals surface area contributed by atoms with Crippen molar-refractivity contribution < 1.29 is 33.3 Å². The predicted octanol–water partition coefficient (Wildman–Crippen LogP) is 4.29. The summed E-state index contributed by atoms with van der Waals surface area (Å²) in [5.74, 6) is -0.908. The number of thiazole rings is 1. The summed E-state index contributed by atoms with van der Waals surface area (Å²) >= 11 is 0.922. The topological polar surface area (TPSA) is 179 Å². The van der Waals surface area contributed by atoms with Gasteiger partial charge in [-0.2, -0.15) is 0 Å². The fourth-order valence-electron chi connectivity index (χ4n) is 4.71. The van der Waals surface area contributed by atoms with E-state index in [9.17, 15) is 29.8 Å². The van der Waals surface area contributed by atoms with Crippen LogP contribution in [-0.4, -0.2) is 33.6 Å². The molecule has 1 atom stereocenters. The highest BCUT2D eigenvalue weighted by molar-refractivity contribution is 7.07. The third kappa shape index (κ3) is 6.24. The number of hydrogen-bond acceptors (Lipinski definition) is 12. The van der Waals surface area contributed by atoms with E-state index < -0.39 is 33.3 Å². The van der Waals surface area contributed by atoms with Gasteiger partial charge >= 0.3 is 11.9 Å². The Morgan fingerprint density at radius 3 is 2.42 bits per heavy atom. The van der Waals surface area contributed by atoms with Crippen LogP contribution >= 0.6 is 11.3 Å². The summed E-state index contributed by atoms with van der Waals surface area (Å²) in [6, 6.07) is 13.3. The molecule has 14 nitrogen and oxygen atoms in total. The lowest BCUT2D eigenvalue weighted by Gasteiger charge is -2.20. The Hall–Kier alpha value is -5.57. The van der Waals surface area contributed by atoms with Gasteiger partial charge in [-0.1, -0.05) is 41.7 Å². The fraction of sp³-hybridized carbons (Fsp3) is 0.233. The van der Waals surface area contributed by atoms with Crippen molar-refractivity contribution in [2.75, 3.05) is 13.2 Å². The molecule has 0 radical (unpaired) electrons. The molecule has 0 saturated heterocycles. The van der Waals surface area contributed by atoms with Crippen molar-refractivity contribution in [1.29, 1.82) is 0 Å². The zero-order valence-corrected chi connectivity index (χ0v) is 25.1. The molecule has 4 aromatic rings. The van der Waals surface area contributed by atoms with Crippen molar-refractivity contribution in [3.63, 3.8) is 0 Å². The van der Waals surface area contributed by atoms with Gasteiger partial charge in [0.05, 0.1) is 45.9 Å². The molecule has 0 N–H and O–H groups in total. The highest BCUT2D eigenvalue weighted by Crippen LogP contribution is 2.37. The molecule has 0 saturated carbocycles. The van der Waals surface area contributed by atoms with Crippen LogP contribution in [0.2, 0.25) is 0 Å². The van der Waals surface area contributed by atoms with Gasteiger partial charge in [0, 0.05) is 5.70 Å². The normalized spacial score (nSPS) is 14.5. The second-order valence-corrected chi connectivity index (χ2v) is 10.5. The number of ether oxygens (including phenoxy) is 3. The van der Waals surface area contributed by atoms with E-state index in [1.54, 1.807) is 13.8 Å². The maximum atomic E-state index is 13.7. The minimum atomic E-state index is -1.14. The first-order chi connectivity index (χ1) is 21.6. The van der Waals surface area contributed by atoms with Crippen LogP contribution in [0.1, 0.15) is 43.7 Å². The van der Waals surface area contributed by atoms with Crippen LogP contribution in [0, 0.1) is 20.2 Å². The SMILES string of the molecule is CCOC(=O)C1=C(C)n2c(s/c(=C\c3cc(OCC)c(OCc4ccccc4)cc3[N+](=O)[O-])c2=O)=N[C@H]1c1ccc([N+](=O)[O-])o1. The Kier molecular flexibility index (Phi) is 8.90. The lowest BCUT2D eigenvalue weighted by atomic mass is 10.0. The second-order valence-electron chi connectivity index (χ2n) is 9.54. The van der Waals surface area contributed by atoms with Gasteiger partial charge in [-0.05, 0) is 44.5 Å². The number of esters is 1. The second kappa shape index (κ2) is 13.0. The third-order valence-corrected chi connectivity index (χ3v) is 7.70. The number of nitro groups is 2. The highest BCUT2D eigenvalue weighted by atomic mass is 32.1. The molecule has 1 aliphatic heterocycles. The van der Waals surface area contributed by atoms with Gasteiger partial charge in [-0.25, -0.2) is 9.79 Å². The van der Waals surface area contributed by atoms with Crippen molar-refractivity contribution in [2.45, 2.75) is 33.4 Å². The number of carbonyl (C=O) groups excluding carboxylic acids is 1. The molecule has 5 rings (SSSR count). The van der Waals surface area contributed by atoms with E-state index in [1.807, 2.05) is 30.3 Å². The number of furan rings is 1. The summed E-state index contributed by atoms with van der Waals surface area (Å²) in [4.78, 5) is 53.4. The van der Waals surface area contributed by atoms with Crippen molar-refractivity contribution in [2.24, 2.45) is 4.99 Å². The molecule has 15 heteroatoms. The number of rotatable bonds is 11. The number of carbonyl (C=O) groups is 1. The minimum Gasteiger partial charge on any atom is -0.490 e. The summed E-state index contributed by atoms with van der Waals surface area (Å²) in [7, 11) is 0. The number of nitro benzene ring substituents is 1. The molecule has 1 aliphatic rings. The average molecular weight is 635 g/mol. The third-order valence-electron chi connectivity index (χ3n) is 6.72. The Labute approximate surface area is 258 Å². The number of hydrogen-bond donors (Lipinski definition) is 0. The standard InChI is InChI=1S/C30H26N4O10S/c1-4-41-22-13-19(20(33(37)38)15-23(22)43-16-18-9-7-6-8-10-18)14-24-28(35)32-17(3)26(29(36)42-5-2)27(31-30(32)45-24)21-11-12-25(44-21)34(39)40/h6-15,27H,4-5,16H2,1-3H3/b24-14-/t27-/m0/s1. The molecule has 0 bridgehead atoms. The Bertz CT molecular complexity index is 2010. The molecule has 232 valence electrons. The van der Waals surface area contributed by atoms with Gasteiger partial charge in [0.1, 0.15) is 23.3 Å².